The van der Waals surface area contributed by atoms with E-state index >= 15 is 0 Å². The van der Waals surface area contributed by atoms with E-state index in [0.717, 1.165) is 0 Å². The van der Waals surface area contributed by atoms with Crippen molar-refractivity contribution >= 4 is 45.3 Å². The molecule has 0 aromatic heterocycles. The number of ether oxygens (including phenoxy) is 2. The number of nitro groups is 1. The smallest absolute Gasteiger partial charge is 0.337 e. The van der Waals surface area contributed by atoms with E-state index in [9.17, 15) is 30.1 Å². The largest absolute Gasteiger partial charge is 0.493 e. The van der Waals surface area contributed by atoms with Crippen molar-refractivity contribution < 1.29 is 29.1 Å². The number of halogens is 1. The summed E-state index contributed by atoms with van der Waals surface area (Å²) >= 11 is 3.40. The van der Waals surface area contributed by atoms with Crippen LogP contribution in [0.5, 0.6) is 11.5 Å². The normalized spacial score (nSPS) is 10.8. The highest BCUT2D eigenvalue weighted by Gasteiger charge is 2.17. The van der Waals surface area contributed by atoms with Crippen molar-refractivity contribution in [1.82, 2.24) is 0 Å². The second kappa shape index (κ2) is 11.6. The number of nitro benzene ring substituents is 1. The minimum Gasteiger partial charge on any atom is -0.493 e. The lowest BCUT2D eigenvalue weighted by Gasteiger charge is -2.14. The third kappa shape index (κ3) is 6.25. The van der Waals surface area contributed by atoms with Gasteiger partial charge in [-0.1, -0.05) is 12.1 Å². The first-order valence-corrected chi connectivity index (χ1v) is 11.0. The van der Waals surface area contributed by atoms with Crippen LogP contribution >= 0.6 is 15.9 Å². The molecular weight excluding hydrogens is 534 g/mol. The maximum Gasteiger partial charge on any atom is 0.337 e. The quantitative estimate of drug-likeness (QED) is 0.159. The molecule has 0 atom stereocenters. The number of carbonyl (C=O) groups excluding carboxylic acids is 1. The molecule has 0 aliphatic rings. The van der Waals surface area contributed by atoms with E-state index in [1.165, 1.54) is 43.5 Å². The van der Waals surface area contributed by atoms with Gasteiger partial charge in [-0.2, -0.15) is 5.26 Å². The lowest BCUT2D eigenvalue weighted by atomic mass is 10.1. The number of rotatable bonds is 9. The number of carboxylic acid groups (broad SMARTS) is 1. The predicted molar refractivity (Wildman–Crippen MR) is 134 cm³/mol. The number of nitrogens with zero attached hydrogens (tertiary/aromatic N) is 2. The molecule has 0 unspecified atom stereocenters. The van der Waals surface area contributed by atoms with Gasteiger partial charge in [0.15, 0.2) is 11.5 Å². The van der Waals surface area contributed by atoms with Gasteiger partial charge >= 0.3 is 5.97 Å². The zero-order chi connectivity index (χ0) is 26.2. The van der Waals surface area contributed by atoms with Crippen molar-refractivity contribution in [3.8, 4) is 17.6 Å². The molecule has 182 valence electrons. The molecule has 0 saturated carbocycles. The Morgan fingerprint density at radius 1 is 1.19 bits per heavy atom. The van der Waals surface area contributed by atoms with Gasteiger partial charge in [0, 0.05) is 12.1 Å². The zero-order valence-electron chi connectivity index (χ0n) is 18.7. The number of methoxy groups -OCH3 is 1. The molecule has 1 amide bonds. The Bertz CT molecular complexity index is 1400. The van der Waals surface area contributed by atoms with Crippen molar-refractivity contribution in [1.29, 1.82) is 5.26 Å². The first-order chi connectivity index (χ1) is 17.2. The maximum atomic E-state index is 12.7. The van der Waals surface area contributed by atoms with Crippen LogP contribution in [0.3, 0.4) is 0 Å². The van der Waals surface area contributed by atoms with Crippen LogP contribution < -0.4 is 14.8 Å². The summed E-state index contributed by atoms with van der Waals surface area (Å²) in [6.07, 6.45) is 1.33. The molecule has 0 bridgehead atoms. The fraction of sp³-hybridized carbons (Fsp3) is 0.0800. The summed E-state index contributed by atoms with van der Waals surface area (Å²) in [6, 6.07) is 16.8. The summed E-state index contributed by atoms with van der Waals surface area (Å²) in [5.74, 6) is -1.33. The van der Waals surface area contributed by atoms with Gasteiger partial charge in [0.2, 0.25) is 0 Å². The molecule has 0 spiro atoms. The number of amides is 1. The number of hydrogen-bond donors (Lipinski definition) is 2. The van der Waals surface area contributed by atoms with Crippen LogP contribution in [0.2, 0.25) is 0 Å². The Balaban J connectivity index is 1.82. The molecule has 3 aromatic rings. The van der Waals surface area contributed by atoms with Gasteiger partial charge in [-0.05, 0) is 69.5 Å². The number of non-ortho nitro benzene ring substituents is 1. The monoisotopic (exact) mass is 551 g/mol. The number of nitrogens with one attached hydrogen (secondary N) is 1. The number of para-hydroxylation sites is 1. The molecule has 0 heterocycles. The van der Waals surface area contributed by atoms with Crippen molar-refractivity contribution in [3.05, 3.63) is 97.5 Å². The highest BCUT2D eigenvalue weighted by atomic mass is 79.9. The highest BCUT2D eigenvalue weighted by molar-refractivity contribution is 9.10. The molecule has 0 radical (unpaired) electrons. The maximum absolute atomic E-state index is 12.7. The number of carbonyl (C=O) groups is 2. The Hall–Kier alpha value is -4.69. The lowest BCUT2D eigenvalue weighted by Crippen LogP contribution is -2.16. The molecule has 0 aliphatic heterocycles. The Labute approximate surface area is 213 Å². The summed E-state index contributed by atoms with van der Waals surface area (Å²) in [6.45, 7) is 0.108. The highest BCUT2D eigenvalue weighted by Crippen LogP contribution is 2.38. The van der Waals surface area contributed by atoms with Crippen LogP contribution in [0.1, 0.15) is 21.5 Å². The van der Waals surface area contributed by atoms with E-state index in [1.54, 1.807) is 30.3 Å². The van der Waals surface area contributed by atoms with Crippen molar-refractivity contribution in [2.75, 3.05) is 12.4 Å². The van der Waals surface area contributed by atoms with Crippen LogP contribution in [0.15, 0.2) is 70.7 Å². The molecule has 3 aromatic carbocycles. The number of anilines is 1. The van der Waals surface area contributed by atoms with Gasteiger partial charge < -0.3 is 19.9 Å². The topological polar surface area (TPSA) is 152 Å². The average molecular weight is 552 g/mol. The standard InChI is InChI=1S/C25H18BrN3O7/c1-35-22-12-16(10-17(13-27)24(30)28-21-5-3-2-4-19(21)25(31)32)11-20(26)23(22)36-14-15-6-8-18(9-7-15)29(33)34/h2-12H,14H2,1H3,(H,28,30)(H,31,32)/b17-10+. The number of benzene rings is 3. The summed E-state index contributed by atoms with van der Waals surface area (Å²) in [4.78, 5) is 34.3. The summed E-state index contributed by atoms with van der Waals surface area (Å²) < 4.78 is 11.7. The zero-order valence-corrected chi connectivity index (χ0v) is 20.3. The van der Waals surface area contributed by atoms with E-state index in [-0.39, 0.29) is 29.1 Å². The van der Waals surface area contributed by atoms with Crippen molar-refractivity contribution in [2.45, 2.75) is 6.61 Å². The second-order valence-corrected chi connectivity index (χ2v) is 8.08. The number of aromatic carboxylic acids is 1. The lowest BCUT2D eigenvalue weighted by molar-refractivity contribution is -0.384. The van der Waals surface area contributed by atoms with E-state index in [4.69, 9.17) is 9.47 Å². The fourth-order valence-corrected chi connectivity index (χ4v) is 3.69. The first-order valence-electron chi connectivity index (χ1n) is 10.2. The first kappa shape index (κ1) is 25.9. The molecule has 11 heteroatoms. The number of hydrogen-bond acceptors (Lipinski definition) is 7. The van der Waals surface area contributed by atoms with Gasteiger partial charge in [0.05, 0.1) is 27.8 Å². The number of carboxylic acids is 1. The summed E-state index contributed by atoms with van der Waals surface area (Å²) in [7, 11) is 1.43. The molecule has 36 heavy (non-hydrogen) atoms. The summed E-state index contributed by atoms with van der Waals surface area (Å²) in [5, 5.41) is 32.1. The van der Waals surface area contributed by atoms with E-state index < -0.39 is 16.8 Å². The SMILES string of the molecule is COc1cc(/C=C(\C#N)C(=O)Nc2ccccc2C(=O)O)cc(Br)c1OCc1ccc([N+](=O)[O-])cc1. The average Bonchev–Trinajstić information content (AvgIpc) is 2.86. The van der Waals surface area contributed by atoms with Crippen LogP contribution in [-0.4, -0.2) is 29.0 Å². The Morgan fingerprint density at radius 2 is 1.89 bits per heavy atom. The molecule has 10 nitrogen and oxygen atoms in total. The summed E-state index contributed by atoms with van der Waals surface area (Å²) in [5.41, 5.74) is 0.802. The molecule has 3 rings (SSSR count). The number of nitriles is 1. The predicted octanol–water partition coefficient (Wildman–Crippen LogP) is 5.19. The molecule has 0 saturated heterocycles. The third-order valence-electron chi connectivity index (χ3n) is 4.86. The van der Waals surface area contributed by atoms with Gasteiger partial charge in [0.25, 0.3) is 11.6 Å². The minimum atomic E-state index is -1.22. The van der Waals surface area contributed by atoms with Crippen molar-refractivity contribution in [3.63, 3.8) is 0 Å². The molecule has 0 fully saturated rings. The van der Waals surface area contributed by atoms with Gasteiger partial charge in [-0.3, -0.25) is 14.9 Å². The van der Waals surface area contributed by atoms with E-state index in [2.05, 4.69) is 21.2 Å². The van der Waals surface area contributed by atoms with Crippen LogP contribution in [-0.2, 0) is 11.4 Å². The molecular formula is C25H18BrN3O7. The van der Waals surface area contributed by atoms with Gasteiger partial charge in [-0.15, -0.1) is 0 Å². The molecule has 0 aliphatic carbocycles. The fourth-order valence-electron chi connectivity index (χ4n) is 3.12. The Morgan fingerprint density at radius 3 is 2.50 bits per heavy atom. The molecule has 2 N–H and O–H groups in total. The van der Waals surface area contributed by atoms with E-state index in [0.29, 0.717) is 27.1 Å². The Kier molecular flexibility index (Phi) is 8.38. The third-order valence-corrected chi connectivity index (χ3v) is 5.45. The van der Waals surface area contributed by atoms with Crippen LogP contribution in [0.4, 0.5) is 11.4 Å². The van der Waals surface area contributed by atoms with Crippen LogP contribution in [0.25, 0.3) is 6.08 Å². The van der Waals surface area contributed by atoms with E-state index in [1.807, 2.05) is 6.07 Å². The van der Waals surface area contributed by atoms with Crippen LogP contribution in [0, 0.1) is 21.4 Å². The minimum absolute atomic E-state index is 0.0302. The van der Waals surface area contributed by atoms with Gasteiger partial charge in [0.1, 0.15) is 18.2 Å². The van der Waals surface area contributed by atoms with Crippen molar-refractivity contribution in [2.24, 2.45) is 0 Å². The second-order valence-electron chi connectivity index (χ2n) is 7.22. The van der Waals surface area contributed by atoms with Gasteiger partial charge in [-0.25, -0.2) is 4.79 Å².